The molecule has 0 aromatic heterocycles. The van der Waals surface area contributed by atoms with Crippen LogP contribution in [-0.4, -0.2) is 48.7 Å². The average molecular weight is 411 g/mol. The van der Waals surface area contributed by atoms with Crippen LogP contribution < -0.4 is 14.8 Å². The fraction of sp³-hybridized carbons (Fsp3) is 0.474. The highest BCUT2D eigenvalue weighted by Gasteiger charge is 2.44. The van der Waals surface area contributed by atoms with Crippen molar-refractivity contribution < 1.29 is 23.1 Å². The second-order valence-electron chi connectivity index (χ2n) is 6.76. The quantitative estimate of drug-likeness (QED) is 0.254. The van der Waals surface area contributed by atoms with Crippen molar-refractivity contribution in [1.82, 2.24) is 14.9 Å². The van der Waals surface area contributed by atoms with E-state index in [4.69, 9.17) is 4.74 Å². The molecule has 3 rings (SSSR count). The molecule has 0 radical (unpaired) electrons. The van der Waals surface area contributed by atoms with Gasteiger partial charge in [0.25, 0.3) is 6.43 Å². The number of benzene rings is 1. The van der Waals surface area contributed by atoms with Crippen molar-refractivity contribution in [1.29, 1.82) is 0 Å². The van der Waals surface area contributed by atoms with Gasteiger partial charge in [-0.15, -0.1) is 0 Å². The summed E-state index contributed by atoms with van der Waals surface area (Å²) in [4.78, 5) is 23.9. The fourth-order valence-corrected chi connectivity index (χ4v) is 3.84. The molecule has 0 spiro atoms. The normalized spacial score (nSPS) is 18.2. The first-order valence-electron chi connectivity index (χ1n) is 9.13. The molecule has 0 bridgehead atoms. The van der Waals surface area contributed by atoms with Gasteiger partial charge in [0.15, 0.2) is 0 Å². The lowest BCUT2D eigenvalue weighted by molar-refractivity contribution is -0.118. The summed E-state index contributed by atoms with van der Waals surface area (Å²) in [7, 11) is 0. The van der Waals surface area contributed by atoms with Gasteiger partial charge in [-0.3, -0.25) is 14.8 Å². The zero-order valence-electron chi connectivity index (χ0n) is 15.3. The molecule has 1 saturated heterocycles. The van der Waals surface area contributed by atoms with Gasteiger partial charge >= 0.3 is 6.03 Å². The zero-order chi connectivity index (χ0) is 20.0. The first-order valence-corrected chi connectivity index (χ1v) is 10.1. The first kappa shape index (κ1) is 20.6. The van der Waals surface area contributed by atoms with Crippen LogP contribution in [0.3, 0.4) is 0 Å². The van der Waals surface area contributed by atoms with E-state index in [0.717, 1.165) is 30.6 Å². The molecule has 1 aliphatic carbocycles. The van der Waals surface area contributed by atoms with Crippen LogP contribution >= 0.6 is 11.9 Å². The van der Waals surface area contributed by atoms with Gasteiger partial charge in [0.1, 0.15) is 18.9 Å². The molecule has 1 saturated carbocycles. The van der Waals surface area contributed by atoms with Crippen LogP contribution in [0, 0.1) is 0 Å². The zero-order valence-corrected chi connectivity index (χ0v) is 16.1. The Kier molecular flexibility index (Phi) is 6.90. The highest BCUT2D eigenvalue weighted by atomic mass is 32.2. The van der Waals surface area contributed by atoms with E-state index in [9.17, 15) is 18.4 Å². The van der Waals surface area contributed by atoms with E-state index in [0.29, 0.717) is 12.3 Å². The Hall–Kier alpha value is -2.13. The van der Waals surface area contributed by atoms with Crippen molar-refractivity contribution >= 4 is 23.9 Å². The standard InChI is InChI=1S/C19H23F2N3O3S/c20-16(21)13-27-15-6-4-5-14(11-15)19(7-8-19)23-28-10-3-1-2-9-24-12-17(25)22-18(24)26/h1-2,4-6,11,16,23H,3,7-10,12-13H2,(H,22,25,26)/b2-1+. The highest BCUT2D eigenvalue weighted by molar-refractivity contribution is 7.97. The third-order valence-electron chi connectivity index (χ3n) is 4.53. The molecule has 28 heavy (non-hydrogen) atoms. The van der Waals surface area contributed by atoms with E-state index in [1.165, 1.54) is 4.90 Å². The summed E-state index contributed by atoms with van der Waals surface area (Å²) >= 11 is 1.62. The summed E-state index contributed by atoms with van der Waals surface area (Å²) < 4.78 is 33.2. The van der Waals surface area contributed by atoms with E-state index in [1.807, 2.05) is 30.4 Å². The van der Waals surface area contributed by atoms with E-state index in [2.05, 4.69) is 10.0 Å². The van der Waals surface area contributed by atoms with Crippen LogP contribution in [0.4, 0.5) is 13.6 Å². The molecule has 9 heteroatoms. The van der Waals surface area contributed by atoms with Crippen LogP contribution in [0.25, 0.3) is 0 Å². The number of carbonyl (C=O) groups excluding carboxylic acids is 2. The molecule has 0 atom stereocenters. The molecule has 3 amide bonds. The largest absolute Gasteiger partial charge is 0.488 e. The minimum atomic E-state index is -2.49. The number of nitrogens with zero attached hydrogens (tertiary/aromatic N) is 1. The predicted octanol–water partition coefficient (Wildman–Crippen LogP) is 3.06. The van der Waals surface area contributed by atoms with Gasteiger partial charge in [-0.25, -0.2) is 13.6 Å². The van der Waals surface area contributed by atoms with Gasteiger partial charge in [0.05, 0.1) is 5.54 Å². The van der Waals surface area contributed by atoms with Crippen LogP contribution in [0.15, 0.2) is 36.4 Å². The third kappa shape index (κ3) is 5.68. The summed E-state index contributed by atoms with van der Waals surface area (Å²) in [6, 6.07) is 6.98. The van der Waals surface area contributed by atoms with Crippen molar-refractivity contribution in [3.63, 3.8) is 0 Å². The van der Waals surface area contributed by atoms with Crippen LogP contribution in [0.2, 0.25) is 0 Å². The Balaban J connectivity index is 1.38. The van der Waals surface area contributed by atoms with Gasteiger partial charge in [-0.05, 0) is 37.0 Å². The number of urea groups is 1. The first-order chi connectivity index (χ1) is 13.5. The lowest BCUT2D eigenvalue weighted by Crippen LogP contribution is -2.28. The van der Waals surface area contributed by atoms with Crippen molar-refractivity contribution in [2.45, 2.75) is 31.2 Å². The number of hydrogen-bond acceptors (Lipinski definition) is 5. The van der Waals surface area contributed by atoms with Gasteiger partial charge in [-0.1, -0.05) is 36.2 Å². The van der Waals surface area contributed by atoms with E-state index >= 15 is 0 Å². The van der Waals surface area contributed by atoms with Crippen LogP contribution in [-0.2, 0) is 10.3 Å². The predicted molar refractivity (Wildman–Crippen MR) is 103 cm³/mol. The molecule has 0 unspecified atom stereocenters. The molecule has 1 aromatic rings. The smallest absolute Gasteiger partial charge is 0.324 e. The molecule has 2 aliphatic rings. The number of amides is 3. The number of carbonyl (C=O) groups is 2. The Labute approximate surface area is 166 Å². The highest BCUT2D eigenvalue weighted by Crippen LogP contribution is 2.47. The maximum absolute atomic E-state index is 12.3. The summed E-state index contributed by atoms with van der Waals surface area (Å²) in [5, 5.41) is 2.24. The van der Waals surface area contributed by atoms with Gasteiger partial charge < -0.3 is 9.64 Å². The Morgan fingerprint density at radius 2 is 2.14 bits per heavy atom. The van der Waals surface area contributed by atoms with Gasteiger partial charge in [0, 0.05) is 12.3 Å². The Morgan fingerprint density at radius 3 is 2.82 bits per heavy atom. The summed E-state index contributed by atoms with van der Waals surface area (Å²) in [5.74, 6) is 1.05. The second kappa shape index (κ2) is 9.38. The van der Waals surface area contributed by atoms with Crippen LogP contribution in [0.5, 0.6) is 5.75 Å². The molecule has 1 aliphatic heterocycles. The number of hydrogen-bond donors (Lipinski definition) is 2. The number of allylic oxidation sites excluding steroid dienone is 1. The lowest BCUT2D eigenvalue weighted by atomic mass is 10.1. The molecule has 1 aromatic carbocycles. The molecule has 2 N–H and O–H groups in total. The van der Waals surface area contributed by atoms with Crippen molar-refractivity contribution in [3.8, 4) is 5.75 Å². The summed E-state index contributed by atoms with van der Waals surface area (Å²) in [6.07, 6.45) is 4.20. The van der Waals surface area contributed by atoms with Crippen molar-refractivity contribution in [2.24, 2.45) is 0 Å². The third-order valence-corrected chi connectivity index (χ3v) is 5.50. The maximum Gasteiger partial charge on any atom is 0.324 e. The number of rotatable bonds is 11. The van der Waals surface area contributed by atoms with Crippen molar-refractivity contribution in [3.05, 3.63) is 42.0 Å². The molecule has 1 heterocycles. The van der Waals surface area contributed by atoms with E-state index in [1.54, 1.807) is 18.0 Å². The Morgan fingerprint density at radius 1 is 1.32 bits per heavy atom. The number of imide groups is 1. The monoisotopic (exact) mass is 411 g/mol. The molecular weight excluding hydrogens is 388 g/mol. The molecule has 6 nitrogen and oxygen atoms in total. The topological polar surface area (TPSA) is 70.7 Å². The fourth-order valence-electron chi connectivity index (χ4n) is 2.88. The number of ether oxygens (including phenoxy) is 1. The van der Waals surface area contributed by atoms with Gasteiger partial charge in [0.2, 0.25) is 5.91 Å². The van der Waals surface area contributed by atoms with Crippen LogP contribution in [0.1, 0.15) is 24.8 Å². The summed E-state index contributed by atoms with van der Waals surface area (Å²) in [6.45, 7) is -0.0642. The SMILES string of the molecule is O=C1CN(C/C=C/CCSNC2(c3cccc(OCC(F)F)c3)CC2)C(=O)N1. The van der Waals surface area contributed by atoms with E-state index in [-0.39, 0.29) is 24.0 Å². The molecule has 2 fully saturated rings. The van der Waals surface area contributed by atoms with E-state index < -0.39 is 13.0 Å². The van der Waals surface area contributed by atoms with Gasteiger partial charge in [-0.2, -0.15) is 0 Å². The number of alkyl halides is 2. The molecular formula is C19H23F2N3O3S. The lowest BCUT2D eigenvalue weighted by Gasteiger charge is -2.18. The number of halogens is 2. The minimum absolute atomic E-state index is 0.113. The maximum atomic E-state index is 12.3. The second-order valence-corrected chi connectivity index (χ2v) is 7.66. The number of nitrogens with one attached hydrogen (secondary N) is 2. The summed E-state index contributed by atoms with van der Waals surface area (Å²) in [5.41, 5.74) is 0.930. The van der Waals surface area contributed by atoms with Crippen molar-refractivity contribution in [2.75, 3.05) is 25.4 Å². The molecule has 152 valence electrons. The average Bonchev–Trinajstić information content (AvgIpc) is 3.39. The Bertz CT molecular complexity index is 741. The minimum Gasteiger partial charge on any atom is -0.488 e.